The lowest BCUT2D eigenvalue weighted by Crippen LogP contribution is -2.53. The van der Waals surface area contributed by atoms with Gasteiger partial charge in [-0.2, -0.15) is 0 Å². The number of likely N-dealkylation sites (tertiary alicyclic amines) is 1. The van der Waals surface area contributed by atoms with Gasteiger partial charge in [0.2, 0.25) is 0 Å². The number of ether oxygens (including phenoxy) is 2. The lowest BCUT2D eigenvalue weighted by Gasteiger charge is -2.35. The van der Waals surface area contributed by atoms with Crippen molar-refractivity contribution < 1.29 is 19.1 Å². The second kappa shape index (κ2) is 7.08. The molecule has 1 saturated heterocycles. The summed E-state index contributed by atoms with van der Waals surface area (Å²) in [5.74, 6) is -0.457. The Labute approximate surface area is 123 Å². The van der Waals surface area contributed by atoms with Crippen molar-refractivity contribution in [1.82, 2.24) is 4.90 Å². The third-order valence-corrected chi connectivity index (χ3v) is 3.56. The molecular weight excluding hydrogens is 272 g/mol. The van der Waals surface area contributed by atoms with Crippen molar-refractivity contribution in [2.75, 3.05) is 13.7 Å². The number of carbonyl (C=O) groups excluding carboxylic acids is 2. The molecule has 1 amide bonds. The minimum absolute atomic E-state index is 0.104. The molecule has 1 heterocycles. The van der Waals surface area contributed by atoms with Gasteiger partial charge in [0.15, 0.2) is 0 Å². The number of piperidine rings is 1. The van der Waals surface area contributed by atoms with E-state index in [0.29, 0.717) is 19.4 Å². The standard InChI is InChI=1S/C15H20N2O4/c1-20-14(18)13-9-12(16)7-8-17(13)15(19)21-10-11-5-3-2-4-6-11/h2-6,12-13H,7-10,16H2,1H3/t12-,13+/m0/s1. The molecule has 0 bridgehead atoms. The molecule has 1 aliphatic rings. The summed E-state index contributed by atoms with van der Waals surface area (Å²) in [5, 5.41) is 0. The van der Waals surface area contributed by atoms with Crippen LogP contribution in [-0.4, -0.2) is 42.7 Å². The normalized spacial score (nSPS) is 21.7. The number of rotatable bonds is 3. The van der Waals surface area contributed by atoms with Crippen LogP contribution >= 0.6 is 0 Å². The third-order valence-electron chi connectivity index (χ3n) is 3.56. The van der Waals surface area contributed by atoms with Crippen molar-refractivity contribution in [3.8, 4) is 0 Å². The maximum atomic E-state index is 12.2. The van der Waals surface area contributed by atoms with Crippen LogP contribution in [0.3, 0.4) is 0 Å². The first-order valence-electron chi connectivity index (χ1n) is 6.92. The molecule has 0 unspecified atom stereocenters. The number of hydrogen-bond donors (Lipinski definition) is 1. The van der Waals surface area contributed by atoms with E-state index in [2.05, 4.69) is 0 Å². The van der Waals surface area contributed by atoms with Gasteiger partial charge < -0.3 is 15.2 Å². The van der Waals surface area contributed by atoms with Gasteiger partial charge in [0.25, 0.3) is 0 Å². The van der Waals surface area contributed by atoms with E-state index in [1.54, 1.807) is 0 Å². The molecular formula is C15H20N2O4. The van der Waals surface area contributed by atoms with E-state index in [4.69, 9.17) is 15.2 Å². The van der Waals surface area contributed by atoms with E-state index in [-0.39, 0.29) is 12.6 Å². The second-order valence-corrected chi connectivity index (χ2v) is 5.06. The van der Waals surface area contributed by atoms with Gasteiger partial charge in [0, 0.05) is 12.6 Å². The van der Waals surface area contributed by atoms with Crippen LogP contribution in [-0.2, 0) is 20.9 Å². The van der Waals surface area contributed by atoms with Gasteiger partial charge in [0.05, 0.1) is 7.11 Å². The van der Waals surface area contributed by atoms with Crippen LogP contribution in [0.25, 0.3) is 0 Å². The molecule has 2 N–H and O–H groups in total. The zero-order valence-corrected chi connectivity index (χ0v) is 12.0. The van der Waals surface area contributed by atoms with Crippen molar-refractivity contribution in [3.05, 3.63) is 35.9 Å². The molecule has 21 heavy (non-hydrogen) atoms. The summed E-state index contributed by atoms with van der Waals surface area (Å²) in [6, 6.07) is 8.62. The molecule has 0 aromatic heterocycles. The van der Waals surface area contributed by atoms with Gasteiger partial charge in [-0.05, 0) is 18.4 Å². The minimum Gasteiger partial charge on any atom is -0.467 e. The van der Waals surface area contributed by atoms with Gasteiger partial charge in [-0.1, -0.05) is 30.3 Å². The number of carbonyl (C=O) groups is 2. The van der Waals surface area contributed by atoms with Crippen LogP contribution < -0.4 is 5.73 Å². The highest BCUT2D eigenvalue weighted by atomic mass is 16.6. The topological polar surface area (TPSA) is 81.9 Å². The highest BCUT2D eigenvalue weighted by molar-refractivity contribution is 5.81. The van der Waals surface area contributed by atoms with Crippen LogP contribution in [0.5, 0.6) is 0 Å². The van der Waals surface area contributed by atoms with E-state index >= 15 is 0 Å². The second-order valence-electron chi connectivity index (χ2n) is 5.06. The summed E-state index contributed by atoms with van der Waals surface area (Å²) in [7, 11) is 1.30. The maximum Gasteiger partial charge on any atom is 0.410 e. The Bertz CT molecular complexity index is 492. The lowest BCUT2D eigenvalue weighted by atomic mass is 9.98. The fraction of sp³-hybridized carbons (Fsp3) is 0.467. The first-order valence-corrected chi connectivity index (χ1v) is 6.92. The zero-order valence-electron chi connectivity index (χ0n) is 12.0. The Morgan fingerprint density at radius 2 is 2.05 bits per heavy atom. The molecule has 6 nitrogen and oxygen atoms in total. The molecule has 1 fully saturated rings. The zero-order chi connectivity index (χ0) is 15.2. The van der Waals surface area contributed by atoms with Crippen LogP contribution in [0.1, 0.15) is 18.4 Å². The molecule has 0 spiro atoms. The maximum absolute atomic E-state index is 12.2. The lowest BCUT2D eigenvalue weighted by molar-refractivity contribution is -0.147. The summed E-state index contributed by atoms with van der Waals surface area (Å²) >= 11 is 0. The molecule has 1 aliphatic heterocycles. The number of esters is 1. The largest absolute Gasteiger partial charge is 0.467 e. The van der Waals surface area contributed by atoms with E-state index in [0.717, 1.165) is 5.56 Å². The molecule has 0 radical (unpaired) electrons. The fourth-order valence-corrected chi connectivity index (χ4v) is 2.37. The quantitative estimate of drug-likeness (QED) is 0.849. The predicted octanol–water partition coefficient (Wildman–Crippen LogP) is 1.29. The van der Waals surface area contributed by atoms with Crippen LogP contribution in [0.4, 0.5) is 4.79 Å². The Morgan fingerprint density at radius 1 is 1.33 bits per heavy atom. The number of nitrogens with two attached hydrogens (primary N) is 1. The summed E-state index contributed by atoms with van der Waals surface area (Å²) in [5.41, 5.74) is 6.76. The van der Waals surface area contributed by atoms with Crippen molar-refractivity contribution in [2.45, 2.75) is 31.5 Å². The van der Waals surface area contributed by atoms with Crippen LogP contribution in [0.2, 0.25) is 0 Å². The Morgan fingerprint density at radius 3 is 2.71 bits per heavy atom. The Balaban J connectivity index is 1.97. The third kappa shape index (κ3) is 3.95. The Hall–Kier alpha value is -2.08. The van der Waals surface area contributed by atoms with Gasteiger partial charge in [-0.15, -0.1) is 0 Å². The SMILES string of the molecule is COC(=O)[C@H]1C[C@@H](N)CCN1C(=O)OCc1ccccc1. The van der Waals surface area contributed by atoms with E-state index in [1.807, 2.05) is 30.3 Å². The summed E-state index contributed by atoms with van der Waals surface area (Å²) in [6.07, 6.45) is 0.530. The summed E-state index contributed by atoms with van der Waals surface area (Å²) in [6.45, 7) is 0.574. The highest BCUT2D eigenvalue weighted by Gasteiger charge is 2.36. The highest BCUT2D eigenvalue weighted by Crippen LogP contribution is 2.19. The monoisotopic (exact) mass is 292 g/mol. The van der Waals surface area contributed by atoms with Crippen molar-refractivity contribution in [3.63, 3.8) is 0 Å². The number of methoxy groups -OCH3 is 1. The number of amides is 1. The van der Waals surface area contributed by atoms with Gasteiger partial charge >= 0.3 is 12.1 Å². The van der Waals surface area contributed by atoms with E-state index < -0.39 is 18.1 Å². The van der Waals surface area contributed by atoms with E-state index in [9.17, 15) is 9.59 Å². The van der Waals surface area contributed by atoms with Crippen LogP contribution in [0, 0.1) is 0 Å². The molecule has 114 valence electrons. The predicted molar refractivity (Wildman–Crippen MR) is 76.3 cm³/mol. The number of hydrogen-bond acceptors (Lipinski definition) is 5. The van der Waals surface area contributed by atoms with E-state index in [1.165, 1.54) is 12.0 Å². The molecule has 2 rings (SSSR count). The van der Waals surface area contributed by atoms with Gasteiger partial charge in [0.1, 0.15) is 12.6 Å². The first-order chi connectivity index (χ1) is 10.1. The molecule has 1 aromatic carbocycles. The molecule has 6 heteroatoms. The Kier molecular flexibility index (Phi) is 5.16. The average Bonchev–Trinajstić information content (AvgIpc) is 2.52. The smallest absolute Gasteiger partial charge is 0.410 e. The molecule has 0 aliphatic carbocycles. The van der Waals surface area contributed by atoms with Crippen LogP contribution in [0.15, 0.2) is 30.3 Å². The first kappa shape index (κ1) is 15.3. The van der Waals surface area contributed by atoms with Gasteiger partial charge in [-0.3, -0.25) is 4.90 Å². The minimum atomic E-state index is -0.665. The molecule has 2 atom stereocenters. The summed E-state index contributed by atoms with van der Waals surface area (Å²) < 4.78 is 10.0. The van der Waals surface area contributed by atoms with Crippen molar-refractivity contribution in [2.24, 2.45) is 5.73 Å². The van der Waals surface area contributed by atoms with Crippen molar-refractivity contribution in [1.29, 1.82) is 0 Å². The fourth-order valence-electron chi connectivity index (χ4n) is 2.37. The number of nitrogens with zero attached hydrogens (tertiary/aromatic N) is 1. The average molecular weight is 292 g/mol. The number of benzene rings is 1. The molecule has 1 aromatic rings. The molecule has 0 saturated carbocycles. The van der Waals surface area contributed by atoms with Gasteiger partial charge in [-0.25, -0.2) is 9.59 Å². The summed E-state index contributed by atoms with van der Waals surface area (Å²) in [4.78, 5) is 25.3. The van der Waals surface area contributed by atoms with Crippen molar-refractivity contribution >= 4 is 12.1 Å².